The largest absolute Gasteiger partial charge is 0.349 e. The zero-order chi connectivity index (χ0) is 9.72. The highest BCUT2D eigenvalue weighted by Gasteiger charge is 2.19. The highest BCUT2D eigenvalue weighted by Crippen LogP contribution is 2.10. The number of carbonyl (C=O) groups is 2. The summed E-state index contributed by atoms with van der Waals surface area (Å²) in [7, 11) is 3.43. The van der Waals surface area contributed by atoms with Crippen molar-refractivity contribution >= 4 is 11.7 Å². The molecule has 0 aliphatic carbocycles. The van der Waals surface area contributed by atoms with Gasteiger partial charge in [0.05, 0.1) is 0 Å². The van der Waals surface area contributed by atoms with Gasteiger partial charge in [-0.05, 0) is 13.3 Å². The van der Waals surface area contributed by atoms with Crippen LogP contribution in [0.25, 0.3) is 0 Å². The molecule has 0 aromatic heterocycles. The van der Waals surface area contributed by atoms with Crippen LogP contribution in [0.1, 0.15) is 26.7 Å². The quantitative estimate of drug-likeness (QED) is 0.634. The van der Waals surface area contributed by atoms with Crippen molar-refractivity contribution in [2.45, 2.75) is 26.7 Å². The summed E-state index contributed by atoms with van der Waals surface area (Å²) < 4.78 is 0. The molecule has 0 fully saturated rings. The van der Waals surface area contributed by atoms with E-state index >= 15 is 0 Å². The van der Waals surface area contributed by atoms with Gasteiger partial charge in [0.15, 0.2) is 0 Å². The van der Waals surface area contributed by atoms with Crippen LogP contribution >= 0.6 is 0 Å². The predicted octanol–water partition coefficient (Wildman–Crippen LogP) is 1.08. The summed E-state index contributed by atoms with van der Waals surface area (Å²) >= 11 is 0. The fourth-order valence-corrected chi connectivity index (χ4v) is 1.12. The van der Waals surface area contributed by atoms with Gasteiger partial charge in [-0.1, -0.05) is 6.92 Å². The van der Waals surface area contributed by atoms with Crippen molar-refractivity contribution in [3.05, 3.63) is 0 Å². The molecule has 0 rings (SSSR count). The Balaban J connectivity index is 4.15. The van der Waals surface area contributed by atoms with E-state index in [4.69, 9.17) is 0 Å². The smallest absolute Gasteiger partial charge is 0.225 e. The van der Waals surface area contributed by atoms with Gasteiger partial charge in [0, 0.05) is 26.4 Å². The van der Waals surface area contributed by atoms with Crippen molar-refractivity contribution in [2.75, 3.05) is 14.1 Å². The van der Waals surface area contributed by atoms with Gasteiger partial charge in [-0.25, -0.2) is 0 Å². The Kier molecular flexibility index (Phi) is 4.55. The summed E-state index contributed by atoms with van der Waals surface area (Å²) in [4.78, 5) is 23.7. The Morgan fingerprint density at radius 3 is 2.08 bits per heavy atom. The summed E-state index contributed by atoms with van der Waals surface area (Å²) in [6.07, 6.45) is 1.10. The first-order chi connectivity index (χ1) is 5.49. The third-order valence-corrected chi connectivity index (χ3v) is 1.82. The molecule has 0 bridgehead atoms. The molecule has 0 saturated heterocycles. The zero-order valence-electron chi connectivity index (χ0n) is 8.26. The summed E-state index contributed by atoms with van der Waals surface area (Å²) in [5.74, 6) is 0.00208. The van der Waals surface area contributed by atoms with Gasteiger partial charge in [0.25, 0.3) is 0 Å². The molecule has 0 aromatic rings. The fourth-order valence-electron chi connectivity index (χ4n) is 1.12. The highest BCUT2D eigenvalue weighted by molar-refractivity contribution is 5.85. The molecule has 0 aliphatic rings. The first-order valence-corrected chi connectivity index (χ1v) is 4.19. The van der Waals surface area contributed by atoms with Crippen molar-refractivity contribution in [3.8, 4) is 0 Å². The van der Waals surface area contributed by atoms with Gasteiger partial charge in [0.2, 0.25) is 5.91 Å². The number of carbonyl (C=O) groups excluding carboxylic acids is 2. The molecule has 1 amide bonds. The molecule has 1 atom stereocenters. The van der Waals surface area contributed by atoms with E-state index in [1.165, 1.54) is 11.8 Å². The van der Waals surface area contributed by atoms with E-state index in [0.717, 1.165) is 6.42 Å². The molecule has 1 unspecified atom stereocenters. The second-order valence-electron chi connectivity index (χ2n) is 3.24. The number of ketones is 1. The van der Waals surface area contributed by atoms with Crippen LogP contribution in [-0.4, -0.2) is 30.7 Å². The Bertz CT molecular complexity index is 175. The first-order valence-electron chi connectivity index (χ1n) is 4.19. The average Bonchev–Trinajstić information content (AvgIpc) is 1.98. The molecule has 0 saturated carbocycles. The number of Topliss-reactive ketones (excluding diaryl/α,β-unsaturated/α-hetero) is 1. The van der Waals surface area contributed by atoms with Crippen molar-refractivity contribution in [3.63, 3.8) is 0 Å². The monoisotopic (exact) mass is 171 g/mol. The fraction of sp³-hybridized carbons (Fsp3) is 0.778. The maximum absolute atomic E-state index is 11.4. The molecule has 0 radical (unpaired) electrons. The normalized spacial score (nSPS) is 12.3. The van der Waals surface area contributed by atoms with Crippen LogP contribution in [0.5, 0.6) is 0 Å². The standard InChI is InChI=1S/C9H17NO2/c1-5-8(6-7(2)11)9(12)10(3)4/h8H,5-6H2,1-4H3. The number of hydrogen-bond acceptors (Lipinski definition) is 2. The summed E-state index contributed by atoms with van der Waals surface area (Å²) in [5, 5.41) is 0. The van der Waals surface area contributed by atoms with E-state index in [1.54, 1.807) is 14.1 Å². The molecule has 0 aromatic carbocycles. The summed E-state index contributed by atoms with van der Waals surface area (Å²) in [6.45, 7) is 3.45. The molecule has 0 N–H and O–H groups in total. The first kappa shape index (κ1) is 11.1. The second kappa shape index (κ2) is 4.91. The van der Waals surface area contributed by atoms with Gasteiger partial charge in [-0.3, -0.25) is 4.79 Å². The van der Waals surface area contributed by atoms with Gasteiger partial charge in [0.1, 0.15) is 5.78 Å². The van der Waals surface area contributed by atoms with E-state index in [9.17, 15) is 9.59 Å². The maximum Gasteiger partial charge on any atom is 0.225 e. The molecule has 70 valence electrons. The lowest BCUT2D eigenvalue weighted by molar-refractivity contribution is -0.135. The van der Waals surface area contributed by atoms with Crippen LogP contribution in [0.15, 0.2) is 0 Å². The van der Waals surface area contributed by atoms with Crippen LogP contribution in [-0.2, 0) is 9.59 Å². The van der Waals surface area contributed by atoms with E-state index in [0.29, 0.717) is 6.42 Å². The highest BCUT2D eigenvalue weighted by atomic mass is 16.2. The minimum Gasteiger partial charge on any atom is -0.349 e. The topological polar surface area (TPSA) is 37.4 Å². The third kappa shape index (κ3) is 3.51. The minimum absolute atomic E-state index is 0.0488. The van der Waals surface area contributed by atoms with Gasteiger partial charge >= 0.3 is 0 Å². The van der Waals surface area contributed by atoms with Crippen LogP contribution in [0, 0.1) is 5.92 Å². The number of nitrogens with zero attached hydrogens (tertiary/aromatic N) is 1. The minimum atomic E-state index is -0.127. The molecule has 0 heterocycles. The summed E-state index contributed by atoms with van der Waals surface area (Å²) in [6, 6.07) is 0. The molecule has 3 heteroatoms. The number of amides is 1. The van der Waals surface area contributed by atoms with Crippen molar-refractivity contribution in [2.24, 2.45) is 5.92 Å². The van der Waals surface area contributed by atoms with Gasteiger partial charge in [-0.2, -0.15) is 0 Å². The predicted molar refractivity (Wildman–Crippen MR) is 47.8 cm³/mol. The van der Waals surface area contributed by atoms with Crippen molar-refractivity contribution in [1.29, 1.82) is 0 Å². The zero-order valence-corrected chi connectivity index (χ0v) is 8.26. The second-order valence-corrected chi connectivity index (χ2v) is 3.24. The molecular formula is C9H17NO2. The Morgan fingerprint density at radius 2 is 1.83 bits per heavy atom. The number of hydrogen-bond donors (Lipinski definition) is 0. The molecule has 0 aliphatic heterocycles. The van der Waals surface area contributed by atoms with Crippen molar-refractivity contribution < 1.29 is 9.59 Å². The molecular weight excluding hydrogens is 154 g/mol. The van der Waals surface area contributed by atoms with Crippen LogP contribution in [0.4, 0.5) is 0 Å². The molecule has 12 heavy (non-hydrogen) atoms. The molecule has 0 spiro atoms. The van der Waals surface area contributed by atoms with Gasteiger partial charge in [-0.15, -0.1) is 0 Å². The van der Waals surface area contributed by atoms with Crippen LogP contribution < -0.4 is 0 Å². The lowest BCUT2D eigenvalue weighted by Gasteiger charge is -2.17. The lowest BCUT2D eigenvalue weighted by atomic mass is 9.99. The van der Waals surface area contributed by atoms with E-state index in [-0.39, 0.29) is 17.6 Å². The Labute approximate surface area is 73.7 Å². The average molecular weight is 171 g/mol. The SMILES string of the molecule is CCC(CC(C)=O)C(=O)N(C)C. The third-order valence-electron chi connectivity index (χ3n) is 1.82. The molecule has 3 nitrogen and oxygen atoms in total. The summed E-state index contributed by atoms with van der Waals surface area (Å²) in [5.41, 5.74) is 0. The van der Waals surface area contributed by atoms with Crippen molar-refractivity contribution in [1.82, 2.24) is 4.90 Å². The van der Waals surface area contributed by atoms with E-state index in [2.05, 4.69) is 0 Å². The van der Waals surface area contributed by atoms with E-state index < -0.39 is 0 Å². The van der Waals surface area contributed by atoms with Crippen LogP contribution in [0.2, 0.25) is 0 Å². The Morgan fingerprint density at radius 1 is 1.33 bits per heavy atom. The van der Waals surface area contributed by atoms with Gasteiger partial charge < -0.3 is 9.69 Å². The van der Waals surface area contributed by atoms with E-state index in [1.807, 2.05) is 6.92 Å². The Hall–Kier alpha value is -0.860. The lowest BCUT2D eigenvalue weighted by Crippen LogP contribution is -2.30. The maximum atomic E-state index is 11.4. The number of rotatable bonds is 4. The van der Waals surface area contributed by atoms with Crippen LogP contribution in [0.3, 0.4) is 0 Å².